The predicted octanol–water partition coefficient (Wildman–Crippen LogP) is 3.79. The van der Waals surface area contributed by atoms with E-state index in [0.29, 0.717) is 36.1 Å². The summed E-state index contributed by atoms with van der Waals surface area (Å²) in [4.78, 5) is 39.5. The predicted molar refractivity (Wildman–Crippen MR) is 129 cm³/mol. The molecule has 2 fully saturated rings. The largest absolute Gasteiger partial charge is 0.414 e. The second-order valence-corrected chi connectivity index (χ2v) is 11.0. The van der Waals surface area contributed by atoms with Crippen molar-refractivity contribution in [2.24, 2.45) is 0 Å². The van der Waals surface area contributed by atoms with Gasteiger partial charge in [-0.15, -0.1) is 0 Å². The van der Waals surface area contributed by atoms with Crippen LogP contribution in [-0.4, -0.2) is 54.7 Å². The zero-order chi connectivity index (χ0) is 22.7. The zero-order valence-electron chi connectivity index (χ0n) is 17.3. The van der Waals surface area contributed by atoms with Gasteiger partial charge in [0.25, 0.3) is 11.8 Å². The molecule has 8 nitrogen and oxygen atoms in total. The third-order valence-electron chi connectivity index (χ3n) is 5.27. The van der Waals surface area contributed by atoms with E-state index in [2.05, 4.69) is 26.6 Å². The van der Waals surface area contributed by atoms with Crippen molar-refractivity contribution in [3.63, 3.8) is 0 Å². The molecule has 0 spiro atoms. The highest BCUT2D eigenvalue weighted by atomic mass is 79.9. The first kappa shape index (κ1) is 23.1. The standard InChI is InChI=1S/C21H22BrN3O5S2/c1-13-10-14(2-3-15(13)25-7-8-29-11-17(25)26)23-19(27)21(6-9-31-12-21)24-20(28)30-18-5-4-16(22)32-18/h2-5,10H,6-9,11-12H2,1H3,(H,23,27)(H,24,28). The lowest BCUT2D eigenvalue weighted by atomic mass is 9.97. The molecule has 0 bridgehead atoms. The van der Waals surface area contributed by atoms with Crippen molar-refractivity contribution in [3.05, 3.63) is 39.7 Å². The first-order valence-corrected chi connectivity index (χ1v) is 12.8. The van der Waals surface area contributed by atoms with Crippen LogP contribution in [0.3, 0.4) is 0 Å². The fourth-order valence-corrected chi connectivity index (χ4v) is 6.15. The van der Waals surface area contributed by atoms with Gasteiger partial charge in [-0.3, -0.25) is 9.59 Å². The molecule has 2 aliphatic rings. The average Bonchev–Trinajstić information content (AvgIpc) is 3.38. The van der Waals surface area contributed by atoms with Crippen LogP contribution in [0.2, 0.25) is 0 Å². The number of carbonyl (C=O) groups is 3. The van der Waals surface area contributed by atoms with E-state index >= 15 is 0 Å². The summed E-state index contributed by atoms with van der Waals surface area (Å²) in [5, 5.41) is 6.15. The molecule has 0 radical (unpaired) electrons. The Morgan fingerprint density at radius 3 is 2.78 bits per heavy atom. The third-order valence-corrected chi connectivity index (χ3v) is 7.96. The molecule has 2 N–H and O–H groups in total. The fourth-order valence-electron chi connectivity index (χ4n) is 3.62. The van der Waals surface area contributed by atoms with E-state index in [1.165, 1.54) is 11.3 Å². The van der Waals surface area contributed by atoms with E-state index in [9.17, 15) is 14.4 Å². The number of hydrogen-bond donors (Lipinski definition) is 2. The van der Waals surface area contributed by atoms with Gasteiger partial charge in [0.15, 0.2) is 5.06 Å². The number of halogens is 1. The second-order valence-electron chi connectivity index (χ2n) is 7.51. The Labute approximate surface area is 202 Å². The minimum absolute atomic E-state index is 0.0717. The Morgan fingerprint density at radius 2 is 2.12 bits per heavy atom. The minimum Gasteiger partial charge on any atom is -0.399 e. The van der Waals surface area contributed by atoms with Gasteiger partial charge in [-0.05, 0) is 70.9 Å². The van der Waals surface area contributed by atoms with Crippen molar-refractivity contribution in [1.82, 2.24) is 5.32 Å². The molecule has 32 heavy (non-hydrogen) atoms. The van der Waals surface area contributed by atoms with E-state index < -0.39 is 11.6 Å². The highest BCUT2D eigenvalue weighted by molar-refractivity contribution is 9.11. The van der Waals surface area contributed by atoms with Gasteiger partial charge >= 0.3 is 6.09 Å². The lowest BCUT2D eigenvalue weighted by molar-refractivity contribution is -0.125. The van der Waals surface area contributed by atoms with Gasteiger partial charge < -0.3 is 25.0 Å². The Bertz CT molecular complexity index is 1040. The number of thiophene rings is 1. The summed E-state index contributed by atoms with van der Waals surface area (Å²) in [7, 11) is 0. The number of ether oxygens (including phenoxy) is 2. The van der Waals surface area contributed by atoms with Crippen molar-refractivity contribution in [1.29, 1.82) is 0 Å². The van der Waals surface area contributed by atoms with Gasteiger partial charge in [0.05, 0.1) is 10.4 Å². The maximum absolute atomic E-state index is 13.2. The number of nitrogens with one attached hydrogen (secondary N) is 2. The van der Waals surface area contributed by atoms with Crippen LogP contribution in [0.5, 0.6) is 5.06 Å². The Hall–Kier alpha value is -2.08. The molecule has 1 aromatic heterocycles. The number of hydrogen-bond acceptors (Lipinski definition) is 7. The molecule has 1 atom stereocenters. The number of thioether (sulfide) groups is 1. The summed E-state index contributed by atoms with van der Waals surface area (Å²) >= 11 is 6.23. The second kappa shape index (κ2) is 9.82. The van der Waals surface area contributed by atoms with Gasteiger partial charge in [-0.2, -0.15) is 11.8 Å². The summed E-state index contributed by atoms with van der Waals surface area (Å²) in [6, 6.07) is 8.89. The number of nitrogens with zero attached hydrogens (tertiary/aromatic N) is 1. The van der Waals surface area contributed by atoms with Gasteiger partial charge in [-0.25, -0.2) is 4.79 Å². The van der Waals surface area contributed by atoms with E-state index in [1.807, 2.05) is 19.1 Å². The Kier molecular flexibility index (Phi) is 7.08. The number of amides is 3. The zero-order valence-corrected chi connectivity index (χ0v) is 20.5. The summed E-state index contributed by atoms with van der Waals surface area (Å²) < 4.78 is 11.4. The van der Waals surface area contributed by atoms with Crippen LogP contribution in [0.4, 0.5) is 16.2 Å². The third kappa shape index (κ3) is 5.11. The monoisotopic (exact) mass is 539 g/mol. The number of benzene rings is 1. The maximum Gasteiger partial charge on any atom is 0.414 e. The van der Waals surface area contributed by atoms with Crippen LogP contribution >= 0.6 is 39.0 Å². The van der Waals surface area contributed by atoms with Crippen LogP contribution in [0.15, 0.2) is 34.1 Å². The number of rotatable bonds is 5. The molecule has 4 rings (SSSR count). The van der Waals surface area contributed by atoms with Crippen molar-refractivity contribution < 1.29 is 23.9 Å². The molecular weight excluding hydrogens is 518 g/mol. The Balaban J connectivity index is 1.45. The summed E-state index contributed by atoms with van der Waals surface area (Å²) in [5.41, 5.74) is 1.21. The highest BCUT2D eigenvalue weighted by Crippen LogP contribution is 2.32. The normalized spacial score (nSPS) is 20.8. The van der Waals surface area contributed by atoms with E-state index in [-0.39, 0.29) is 18.4 Å². The van der Waals surface area contributed by atoms with Crippen LogP contribution in [-0.2, 0) is 14.3 Å². The van der Waals surface area contributed by atoms with Crippen LogP contribution in [0.1, 0.15) is 12.0 Å². The first-order valence-electron chi connectivity index (χ1n) is 10.00. The number of aryl methyl sites for hydroxylation is 1. The molecule has 2 aliphatic heterocycles. The molecule has 0 saturated carbocycles. The molecule has 0 aliphatic carbocycles. The Morgan fingerprint density at radius 1 is 1.28 bits per heavy atom. The molecule has 2 saturated heterocycles. The van der Waals surface area contributed by atoms with Gasteiger partial charge in [0, 0.05) is 23.7 Å². The fraction of sp³-hybridized carbons (Fsp3) is 0.381. The summed E-state index contributed by atoms with van der Waals surface area (Å²) in [6.45, 7) is 2.96. The van der Waals surface area contributed by atoms with Gasteiger partial charge in [0.2, 0.25) is 0 Å². The SMILES string of the molecule is Cc1cc(NC(=O)C2(NC(=O)Oc3ccc(Br)s3)CCSC2)ccc1N1CCOCC1=O. The van der Waals surface area contributed by atoms with E-state index in [0.717, 1.165) is 20.8 Å². The van der Waals surface area contributed by atoms with E-state index in [1.54, 1.807) is 34.9 Å². The molecule has 11 heteroatoms. The van der Waals surface area contributed by atoms with Crippen molar-refractivity contribution in [2.75, 3.05) is 41.5 Å². The number of carbonyl (C=O) groups excluding carboxylic acids is 3. The van der Waals surface area contributed by atoms with Crippen LogP contribution < -0.4 is 20.3 Å². The topological polar surface area (TPSA) is 97.0 Å². The van der Waals surface area contributed by atoms with Crippen LogP contribution in [0, 0.1) is 6.92 Å². The quantitative estimate of drug-likeness (QED) is 0.600. The van der Waals surface area contributed by atoms with Crippen molar-refractivity contribution >= 4 is 68.3 Å². The lowest BCUT2D eigenvalue weighted by Crippen LogP contribution is -2.57. The average molecular weight is 540 g/mol. The lowest BCUT2D eigenvalue weighted by Gasteiger charge is -2.29. The molecule has 1 aromatic carbocycles. The summed E-state index contributed by atoms with van der Waals surface area (Å²) in [5.74, 6) is 0.844. The highest BCUT2D eigenvalue weighted by Gasteiger charge is 2.44. The summed E-state index contributed by atoms with van der Waals surface area (Å²) in [6.07, 6.45) is -0.152. The minimum atomic E-state index is -1.05. The number of anilines is 2. The van der Waals surface area contributed by atoms with Gasteiger partial charge in [0.1, 0.15) is 12.1 Å². The smallest absolute Gasteiger partial charge is 0.399 e. The van der Waals surface area contributed by atoms with Crippen LogP contribution in [0.25, 0.3) is 0 Å². The van der Waals surface area contributed by atoms with Gasteiger partial charge in [-0.1, -0.05) is 11.3 Å². The molecule has 3 amide bonds. The molecule has 2 aromatic rings. The van der Waals surface area contributed by atoms with Crippen molar-refractivity contribution in [3.8, 4) is 5.06 Å². The molecule has 1 unspecified atom stereocenters. The first-order chi connectivity index (χ1) is 15.4. The molecule has 170 valence electrons. The maximum atomic E-state index is 13.2. The van der Waals surface area contributed by atoms with E-state index in [4.69, 9.17) is 9.47 Å². The van der Waals surface area contributed by atoms with Crippen molar-refractivity contribution in [2.45, 2.75) is 18.9 Å². The molecule has 3 heterocycles. The number of morpholine rings is 1. The molecular formula is C21H22BrN3O5S2.